The number of aromatic hydroxyl groups is 1. The quantitative estimate of drug-likeness (QED) is 0.647. The van der Waals surface area contributed by atoms with E-state index in [9.17, 15) is 5.11 Å². The highest BCUT2D eigenvalue weighted by Crippen LogP contribution is 2.42. The monoisotopic (exact) mass is 292 g/mol. The minimum atomic E-state index is -0.0963. The van der Waals surface area contributed by atoms with Crippen molar-refractivity contribution in [1.82, 2.24) is 0 Å². The molecule has 0 radical (unpaired) electrons. The first-order valence-corrected chi connectivity index (χ1v) is 7.67. The van der Waals surface area contributed by atoms with Gasteiger partial charge in [-0.05, 0) is 49.0 Å². The van der Waals surface area contributed by atoms with E-state index in [1.54, 1.807) is 12.1 Å². The van der Waals surface area contributed by atoms with E-state index in [-0.39, 0.29) is 5.41 Å². The van der Waals surface area contributed by atoms with Crippen molar-refractivity contribution in [3.05, 3.63) is 91.1 Å². The van der Waals surface area contributed by atoms with Crippen LogP contribution in [0.25, 0.3) is 0 Å². The molecular formula is C21H24O. The topological polar surface area (TPSA) is 20.2 Å². The molecule has 114 valence electrons. The lowest BCUT2D eigenvalue weighted by molar-refractivity contribution is 0.472. The fourth-order valence-corrected chi connectivity index (χ4v) is 3.25. The van der Waals surface area contributed by atoms with Crippen LogP contribution in [0.3, 0.4) is 0 Å². The summed E-state index contributed by atoms with van der Waals surface area (Å²) in [6.07, 6.45) is 14.1. The Labute approximate surface area is 133 Å². The Morgan fingerprint density at radius 2 is 1.68 bits per heavy atom. The number of allylic oxidation sites excluding steroid dienone is 7. The minimum absolute atomic E-state index is 0.0963. The van der Waals surface area contributed by atoms with Gasteiger partial charge in [-0.3, -0.25) is 0 Å². The molecule has 0 amide bonds. The molecular weight excluding hydrogens is 268 g/mol. The highest BCUT2D eigenvalue weighted by Gasteiger charge is 2.32. The third-order valence-corrected chi connectivity index (χ3v) is 4.13. The number of phenolic OH excluding ortho intramolecular Hbond substituents is 1. The number of hydrogen-bond acceptors (Lipinski definition) is 1. The van der Waals surface area contributed by atoms with E-state index < -0.39 is 0 Å². The van der Waals surface area contributed by atoms with Crippen LogP contribution in [-0.2, 0) is 5.41 Å². The van der Waals surface area contributed by atoms with Crippen LogP contribution in [-0.4, -0.2) is 5.11 Å². The molecule has 1 N–H and O–H groups in total. The molecule has 22 heavy (non-hydrogen) atoms. The SMILES string of the molecule is C=CCC1=CC(CC=C)(c2ccc(O)cc2)CC(CC=C)=C1. The zero-order chi connectivity index (χ0) is 16.0. The van der Waals surface area contributed by atoms with E-state index in [4.69, 9.17) is 0 Å². The molecule has 1 atom stereocenters. The summed E-state index contributed by atoms with van der Waals surface area (Å²) < 4.78 is 0. The zero-order valence-electron chi connectivity index (χ0n) is 13.1. The molecule has 1 aliphatic rings. The van der Waals surface area contributed by atoms with Gasteiger partial charge in [-0.2, -0.15) is 0 Å². The van der Waals surface area contributed by atoms with Crippen molar-refractivity contribution in [2.75, 3.05) is 0 Å². The molecule has 1 aliphatic carbocycles. The Balaban J connectivity index is 2.50. The van der Waals surface area contributed by atoms with Crippen molar-refractivity contribution in [3.63, 3.8) is 0 Å². The van der Waals surface area contributed by atoms with Gasteiger partial charge in [0.15, 0.2) is 0 Å². The average Bonchev–Trinajstić information content (AvgIpc) is 2.48. The maximum absolute atomic E-state index is 9.57. The summed E-state index contributed by atoms with van der Waals surface area (Å²) in [6.45, 7) is 11.7. The van der Waals surface area contributed by atoms with Crippen LogP contribution in [0.2, 0.25) is 0 Å². The summed E-state index contributed by atoms with van der Waals surface area (Å²) in [5, 5.41) is 9.57. The van der Waals surface area contributed by atoms with E-state index >= 15 is 0 Å². The van der Waals surface area contributed by atoms with Crippen molar-refractivity contribution >= 4 is 0 Å². The molecule has 0 saturated carbocycles. The third-order valence-electron chi connectivity index (χ3n) is 4.13. The van der Waals surface area contributed by atoms with Crippen molar-refractivity contribution in [2.45, 2.75) is 31.1 Å². The zero-order valence-corrected chi connectivity index (χ0v) is 13.1. The molecule has 1 unspecified atom stereocenters. The predicted octanol–water partition coefficient (Wildman–Crippen LogP) is 5.61. The normalized spacial score (nSPS) is 20.7. The van der Waals surface area contributed by atoms with Crippen LogP contribution in [0.4, 0.5) is 0 Å². The Bertz CT molecular complexity index is 616. The fraction of sp³-hybridized carbons (Fsp3) is 0.238. The van der Waals surface area contributed by atoms with Gasteiger partial charge in [0.1, 0.15) is 5.75 Å². The van der Waals surface area contributed by atoms with Crippen LogP contribution >= 0.6 is 0 Å². The Hall–Kier alpha value is -2.28. The molecule has 0 spiro atoms. The summed E-state index contributed by atoms with van der Waals surface area (Å²) in [6, 6.07) is 7.54. The van der Waals surface area contributed by atoms with Gasteiger partial charge in [0.2, 0.25) is 0 Å². The molecule has 0 saturated heterocycles. The van der Waals surface area contributed by atoms with Gasteiger partial charge in [0.25, 0.3) is 0 Å². The molecule has 1 nitrogen and oxygen atoms in total. The van der Waals surface area contributed by atoms with Crippen LogP contribution < -0.4 is 0 Å². The third kappa shape index (κ3) is 3.48. The number of hydrogen-bond donors (Lipinski definition) is 1. The van der Waals surface area contributed by atoms with Gasteiger partial charge in [-0.15, -0.1) is 19.7 Å². The summed E-state index contributed by atoms with van der Waals surface area (Å²) in [5.41, 5.74) is 3.78. The molecule has 1 aromatic rings. The molecule has 0 aromatic heterocycles. The second-order valence-electron chi connectivity index (χ2n) is 5.88. The average molecular weight is 292 g/mol. The maximum atomic E-state index is 9.57. The molecule has 0 fully saturated rings. The standard InChI is InChI=1S/C21H24O/c1-4-7-17-14-18(8-5-2)16-21(15-17,13-6-3)19-9-11-20(22)12-10-19/h4-6,9-12,14-15,22H,1-3,7-8,13,16H2. The fourth-order valence-electron chi connectivity index (χ4n) is 3.25. The number of rotatable bonds is 7. The number of phenols is 1. The lowest BCUT2D eigenvalue weighted by Crippen LogP contribution is -2.26. The van der Waals surface area contributed by atoms with Crippen molar-refractivity contribution in [2.24, 2.45) is 0 Å². The summed E-state index contributed by atoms with van der Waals surface area (Å²) in [4.78, 5) is 0. The van der Waals surface area contributed by atoms with Crippen LogP contribution in [0, 0.1) is 0 Å². The second kappa shape index (κ2) is 7.13. The Morgan fingerprint density at radius 1 is 1.00 bits per heavy atom. The number of benzene rings is 1. The first kappa shape index (κ1) is 16.1. The smallest absolute Gasteiger partial charge is 0.115 e. The van der Waals surface area contributed by atoms with Crippen LogP contribution in [0.1, 0.15) is 31.2 Å². The van der Waals surface area contributed by atoms with Crippen LogP contribution in [0.15, 0.2) is 85.5 Å². The van der Waals surface area contributed by atoms with Crippen molar-refractivity contribution in [1.29, 1.82) is 0 Å². The second-order valence-corrected chi connectivity index (χ2v) is 5.88. The minimum Gasteiger partial charge on any atom is -0.508 e. The maximum Gasteiger partial charge on any atom is 0.115 e. The van der Waals surface area contributed by atoms with Gasteiger partial charge >= 0.3 is 0 Å². The summed E-state index contributed by atoms with van der Waals surface area (Å²) in [7, 11) is 0. The highest BCUT2D eigenvalue weighted by atomic mass is 16.3. The largest absolute Gasteiger partial charge is 0.508 e. The molecule has 1 heteroatoms. The van der Waals surface area contributed by atoms with Gasteiger partial charge in [0, 0.05) is 5.41 Å². The molecule has 0 bridgehead atoms. The highest BCUT2D eigenvalue weighted by molar-refractivity contribution is 5.45. The summed E-state index contributed by atoms with van der Waals surface area (Å²) >= 11 is 0. The molecule has 0 aliphatic heterocycles. The Morgan fingerprint density at radius 3 is 2.27 bits per heavy atom. The molecule has 2 rings (SSSR count). The lowest BCUT2D eigenvalue weighted by atomic mass is 9.68. The lowest BCUT2D eigenvalue weighted by Gasteiger charge is -2.35. The van der Waals surface area contributed by atoms with E-state index in [1.165, 1.54) is 16.7 Å². The summed E-state index contributed by atoms with van der Waals surface area (Å²) in [5.74, 6) is 0.297. The van der Waals surface area contributed by atoms with E-state index in [2.05, 4.69) is 31.9 Å². The van der Waals surface area contributed by atoms with Gasteiger partial charge < -0.3 is 5.11 Å². The van der Waals surface area contributed by atoms with E-state index in [0.717, 1.165) is 25.7 Å². The Kier molecular flexibility index (Phi) is 5.21. The molecule has 0 heterocycles. The van der Waals surface area contributed by atoms with Gasteiger partial charge in [-0.25, -0.2) is 0 Å². The van der Waals surface area contributed by atoms with Gasteiger partial charge in [-0.1, -0.05) is 48.1 Å². The van der Waals surface area contributed by atoms with Gasteiger partial charge in [0.05, 0.1) is 0 Å². The van der Waals surface area contributed by atoms with E-state index in [0.29, 0.717) is 5.75 Å². The first-order chi connectivity index (χ1) is 10.6. The predicted molar refractivity (Wildman–Crippen MR) is 95.0 cm³/mol. The first-order valence-electron chi connectivity index (χ1n) is 7.67. The van der Waals surface area contributed by atoms with Crippen molar-refractivity contribution in [3.8, 4) is 5.75 Å². The van der Waals surface area contributed by atoms with E-state index in [1.807, 2.05) is 30.4 Å². The van der Waals surface area contributed by atoms with Crippen LogP contribution in [0.5, 0.6) is 5.75 Å². The molecule has 1 aromatic carbocycles. The van der Waals surface area contributed by atoms with Crippen molar-refractivity contribution < 1.29 is 5.11 Å².